The third-order valence-corrected chi connectivity index (χ3v) is 4.00. The van der Waals surface area contributed by atoms with Gasteiger partial charge in [0.1, 0.15) is 0 Å². The fourth-order valence-corrected chi connectivity index (χ4v) is 2.41. The topological polar surface area (TPSA) is 110 Å². The Morgan fingerprint density at radius 3 is 1.30 bits per heavy atom. The first-order valence-corrected chi connectivity index (χ1v) is 7.13. The summed E-state index contributed by atoms with van der Waals surface area (Å²) in [6.45, 7) is 4.14. The number of rotatable bonds is 4. The molecule has 2 aromatic rings. The third kappa shape index (κ3) is 3.39. The number of amides is 2. The Hall–Kier alpha value is -2.70. The Balaban J connectivity index is 2.30. The van der Waals surface area contributed by atoms with Gasteiger partial charge >= 0.3 is 0 Å². The van der Waals surface area contributed by atoms with Crippen LogP contribution in [0.1, 0.15) is 45.7 Å². The van der Waals surface area contributed by atoms with Gasteiger partial charge in [-0.15, -0.1) is 0 Å². The molecule has 0 atom stereocenters. The van der Waals surface area contributed by atoms with Crippen molar-refractivity contribution in [3.05, 3.63) is 70.8 Å². The fourth-order valence-electron chi connectivity index (χ4n) is 2.41. The van der Waals surface area contributed by atoms with Crippen LogP contribution in [0.2, 0.25) is 0 Å². The Morgan fingerprint density at radius 2 is 1.04 bits per heavy atom. The Bertz CT molecular complexity index is 645. The average molecular weight is 312 g/mol. The molecule has 6 heteroatoms. The summed E-state index contributed by atoms with van der Waals surface area (Å²) < 4.78 is 0. The Morgan fingerprint density at radius 1 is 0.739 bits per heavy atom. The molecular formula is C17H20N4O2. The predicted octanol–water partition coefficient (Wildman–Crippen LogP) is 1.22. The number of nitrogen functional groups attached to an aromatic ring is 2. The van der Waals surface area contributed by atoms with Crippen molar-refractivity contribution in [1.82, 2.24) is 10.9 Å². The van der Waals surface area contributed by atoms with E-state index in [1.165, 1.54) is 0 Å². The lowest BCUT2D eigenvalue weighted by Gasteiger charge is -2.26. The summed E-state index contributed by atoms with van der Waals surface area (Å²) in [5.74, 6) is 9.60. The fraction of sp³-hybridized carbons (Fsp3) is 0.176. The van der Waals surface area contributed by atoms with E-state index in [1.54, 1.807) is 24.3 Å². The van der Waals surface area contributed by atoms with Crippen LogP contribution >= 0.6 is 0 Å². The number of nitrogens with two attached hydrogens (primary N) is 2. The highest BCUT2D eigenvalue weighted by Gasteiger charge is 2.23. The van der Waals surface area contributed by atoms with Gasteiger partial charge in [-0.2, -0.15) is 0 Å². The van der Waals surface area contributed by atoms with Crippen molar-refractivity contribution in [2.24, 2.45) is 11.7 Å². The molecule has 120 valence electrons. The van der Waals surface area contributed by atoms with Gasteiger partial charge in [0.25, 0.3) is 11.8 Å². The van der Waals surface area contributed by atoms with Crippen LogP contribution in [0.15, 0.2) is 48.5 Å². The van der Waals surface area contributed by atoms with Crippen LogP contribution in [0.4, 0.5) is 0 Å². The molecule has 0 heterocycles. The van der Waals surface area contributed by atoms with Gasteiger partial charge in [0.15, 0.2) is 0 Å². The summed E-state index contributed by atoms with van der Waals surface area (Å²) in [6.07, 6.45) is 0. The van der Waals surface area contributed by atoms with Gasteiger partial charge in [-0.3, -0.25) is 20.4 Å². The second kappa shape index (κ2) is 6.60. The van der Waals surface area contributed by atoms with Crippen LogP contribution in [-0.2, 0) is 5.41 Å². The molecule has 0 aromatic heterocycles. The number of hydrogen-bond donors (Lipinski definition) is 4. The maximum atomic E-state index is 11.5. The molecule has 0 unspecified atom stereocenters. The number of carbonyl (C=O) groups excluding carboxylic acids is 2. The second-order valence-corrected chi connectivity index (χ2v) is 5.73. The lowest BCUT2D eigenvalue weighted by atomic mass is 9.78. The van der Waals surface area contributed by atoms with Crippen LogP contribution in [0, 0.1) is 0 Å². The van der Waals surface area contributed by atoms with Crippen LogP contribution in [0.3, 0.4) is 0 Å². The molecule has 2 rings (SSSR count). The zero-order valence-corrected chi connectivity index (χ0v) is 13.1. The van der Waals surface area contributed by atoms with E-state index >= 15 is 0 Å². The van der Waals surface area contributed by atoms with Crippen molar-refractivity contribution in [2.75, 3.05) is 0 Å². The molecule has 0 saturated carbocycles. The number of hydrogen-bond acceptors (Lipinski definition) is 4. The second-order valence-electron chi connectivity index (χ2n) is 5.73. The molecule has 0 aliphatic heterocycles. The number of carbonyl (C=O) groups is 2. The third-order valence-electron chi connectivity index (χ3n) is 4.00. The van der Waals surface area contributed by atoms with Crippen molar-refractivity contribution >= 4 is 11.8 Å². The molecule has 0 bridgehead atoms. The van der Waals surface area contributed by atoms with Crippen molar-refractivity contribution in [2.45, 2.75) is 19.3 Å². The van der Waals surface area contributed by atoms with Gasteiger partial charge in [0.05, 0.1) is 0 Å². The molecule has 2 aromatic carbocycles. The minimum Gasteiger partial charge on any atom is -0.290 e. The highest BCUT2D eigenvalue weighted by Crippen LogP contribution is 2.31. The highest BCUT2D eigenvalue weighted by atomic mass is 16.2. The van der Waals surface area contributed by atoms with E-state index in [0.29, 0.717) is 11.1 Å². The van der Waals surface area contributed by atoms with Gasteiger partial charge < -0.3 is 0 Å². The Kier molecular flexibility index (Phi) is 4.78. The maximum absolute atomic E-state index is 11.5. The van der Waals surface area contributed by atoms with E-state index in [2.05, 4.69) is 24.7 Å². The monoisotopic (exact) mass is 312 g/mol. The van der Waals surface area contributed by atoms with Crippen LogP contribution in [-0.4, -0.2) is 11.8 Å². The van der Waals surface area contributed by atoms with Crippen LogP contribution < -0.4 is 22.5 Å². The van der Waals surface area contributed by atoms with E-state index in [0.717, 1.165) is 11.1 Å². The largest absolute Gasteiger partial charge is 0.290 e. The first-order chi connectivity index (χ1) is 10.9. The van der Waals surface area contributed by atoms with Gasteiger partial charge in [-0.05, 0) is 35.4 Å². The van der Waals surface area contributed by atoms with Crippen LogP contribution in [0.25, 0.3) is 0 Å². The lowest BCUT2D eigenvalue weighted by molar-refractivity contribution is 0.0945. The van der Waals surface area contributed by atoms with Crippen molar-refractivity contribution in [1.29, 1.82) is 0 Å². The summed E-state index contributed by atoms with van der Waals surface area (Å²) in [5, 5.41) is 0. The maximum Gasteiger partial charge on any atom is 0.265 e. The summed E-state index contributed by atoms with van der Waals surface area (Å²) >= 11 is 0. The van der Waals surface area contributed by atoms with Gasteiger partial charge in [-0.25, -0.2) is 11.7 Å². The number of hydrazine groups is 2. The lowest BCUT2D eigenvalue weighted by Crippen LogP contribution is -2.30. The molecule has 0 aliphatic rings. The van der Waals surface area contributed by atoms with E-state index in [1.807, 2.05) is 24.3 Å². The van der Waals surface area contributed by atoms with Crippen molar-refractivity contribution in [3.63, 3.8) is 0 Å². The molecule has 0 fully saturated rings. The smallest absolute Gasteiger partial charge is 0.265 e. The average Bonchev–Trinajstić information content (AvgIpc) is 2.60. The van der Waals surface area contributed by atoms with E-state index in [4.69, 9.17) is 11.7 Å². The Labute approximate surface area is 134 Å². The highest BCUT2D eigenvalue weighted by molar-refractivity contribution is 5.94. The summed E-state index contributed by atoms with van der Waals surface area (Å²) in [4.78, 5) is 23.0. The predicted molar refractivity (Wildman–Crippen MR) is 88.3 cm³/mol. The molecule has 23 heavy (non-hydrogen) atoms. The molecule has 0 aliphatic carbocycles. The van der Waals surface area contributed by atoms with Crippen molar-refractivity contribution < 1.29 is 9.59 Å². The van der Waals surface area contributed by atoms with Gasteiger partial charge in [0, 0.05) is 16.5 Å². The van der Waals surface area contributed by atoms with Crippen molar-refractivity contribution in [3.8, 4) is 0 Å². The molecule has 0 radical (unpaired) electrons. The van der Waals surface area contributed by atoms with E-state index < -0.39 is 0 Å². The number of benzene rings is 2. The first kappa shape index (κ1) is 16.7. The molecular weight excluding hydrogens is 292 g/mol. The summed E-state index contributed by atoms with van der Waals surface area (Å²) in [7, 11) is 0. The van der Waals surface area contributed by atoms with Gasteiger partial charge in [-0.1, -0.05) is 38.1 Å². The molecule has 0 spiro atoms. The zero-order valence-electron chi connectivity index (χ0n) is 13.1. The van der Waals surface area contributed by atoms with E-state index in [-0.39, 0.29) is 17.2 Å². The van der Waals surface area contributed by atoms with Crippen LogP contribution in [0.5, 0.6) is 0 Å². The quantitative estimate of drug-likeness (QED) is 0.386. The summed E-state index contributed by atoms with van der Waals surface area (Å²) in [6, 6.07) is 14.5. The number of nitrogens with one attached hydrogen (secondary N) is 2. The van der Waals surface area contributed by atoms with Gasteiger partial charge in [0.2, 0.25) is 0 Å². The molecule has 2 amide bonds. The minimum atomic E-state index is -0.327. The summed E-state index contributed by atoms with van der Waals surface area (Å²) in [5.41, 5.74) is 7.02. The zero-order chi connectivity index (χ0) is 17.0. The van der Waals surface area contributed by atoms with E-state index in [9.17, 15) is 9.59 Å². The SMILES string of the molecule is CC(C)(c1ccc(C(=O)NN)cc1)c1ccc(C(=O)NN)cc1. The normalized spacial score (nSPS) is 11.0. The minimum absolute atomic E-state index is 0.282. The standard InChI is InChI=1S/C17H20N4O2/c1-17(2,13-7-3-11(4-8-13)15(22)20-18)14-9-5-12(6-10-14)16(23)21-19/h3-10H,18-19H2,1-2H3,(H,20,22)(H,21,23). The molecule has 6 nitrogen and oxygen atoms in total. The molecule has 6 N–H and O–H groups in total. The first-order valence-electron chi connectivity index (χ1n) is 7.13. The molecule has 0 saturated heterocycles.